The molecule has 3 N–H and O–H groups in total. The van der Waals surface area contributed by atoms with E-state index >= 15 is 0 Å². The molecular weight excluding hydrogens is 248 g/mol. The number of nitrogens with two attached hydrogens (primary N) is 1. The number of nitrogen functional groups attached to an aromatic ring is 1. The van der Waals surface area contributed by atoms with Gasteiger partial charge in [-0.2, -0.15) is 0 Å². The van der Waals surface area contributed by atoms with E-state index in [-0.39, 0.29) is 0 Å². The summed E-state index contributed by atoms with van der Waals surface area (Å²) in [7, 11) is 0. The molecule has 1 heterocycles. The van der Waals surface area contributed by atoms with Crippen molar-refractivity contribution in [3.05, 3.63) is 24.3 Å². The van der Waals surface area contributed by atoms with E-state index in [1.807, 2.05) is 24.3 Å². The molecule has 2 aromatic rings. The molecule has 0 saturated heterocycles. The fraction of sp³-hybridized carbons (Fsp3) is 0.500. The molecule has 0 aliphatic heterocycles. The van der Waals surface area contributed by atoms with Crippen LogP contribution in [0.5, 0.6) is 0 Å². The maximum absolute atomic E-state index is 5.98. The van der Waals surface area contributed by atoms with Gasteiger partial charge in [0.2, 0.25) is 0 Å². The summed E-state index contributed by atoms with van der Waals surface area (Å²) in [5, 5.41) is 3.38. The average Bonchev–Trinajstić information content (AvgIpc) is 2.44. The number of fused-ring (bicyclic) bond motifs is 1. The molecule has 0 spiro atoms. The number of unbranched alkanes of at least 4 members (excludes halogenated alkanes) is 3. The Labute approximate surface area is 120 Å². The summed E-state index contributed by atoms with van der Waals surface area (Å²) in [4.78, 5) is 8.95. The minimum atomic E-state index is 0.365. The van der Waals surface area contributed by atoms with Crippen LogP contribution in [0.1, 0.15) is 46.0 Å². The first-order valence-corrected chi connectivity index (χ1v) is 7.49. The maximum atomic E-state index is 5.98. The minimum absolute atomic E-state index is 0.365. The number of hydrogen-bond donors (Lipinski definition) is 2. The van der Waals surface area contributed by atoms with Crippen LogP contribution in [-0.2, 0) is 0 Å². The van der Waals surface area contributed by atoms with E-state index in [1.54, 1.807) is 0 Å². The Hall–Kier alpha value is -1.84. The van der Waals surface area contributed by atoms with Crippen LogP contribution >= 0.6 is 0 Å². The van der Waals surface area contributed by atoms with Gasteiger partial charge in [0.25, 0.3) is 0 Å². The summed E-state index contributed by atoms with van der Waals surface area (Å²) in [5.74, 6) is 1.18. The highest BCUT2D eigenvalue weighted by atomic mass is 15.1. The molecule has 20 heavy (non-hydrogen) atoms. The third kappa shape index (κ3) is 3.83. The van der Waals surface area contributed by atoms with E-state index in [0.717, 1.165) is 17.5 Å². The standard InChI is InChI=1S/C16H24N4/c1-3-4-5-6-9-12(2)18-16-15(17)19-13-10-7-8-11-14(13)20-16/h7-8,10-12H,3-6,9H2,1-2H3,(H2,17,19)(H,18,20). The quantitative estimate of drug-likeness (QED) is 0.748. The van der Waals surface area contributed by atoms with E-state index < -0.39 is 0 Å². The van der Waals surface area contributed by atoms with Crippen LogP contribution in [0.2, 0.25) is 0 Å². The number of anilines is 2. The van der Waals surface area contributed by atoms with Gasteiger partial charge in [-0.3, -0.25) is 0 Å². The van der Waals surface area contributed by atoms with Crippen molar-refractivity contribution >= 4 is 22.7 Å². The van der Waals surface area contributed by atoms with Crippen molar-refractivity contribution < 1.29 is 0 Å². The van der Waals surface area contributed by atoms with Gasteiger partial charge < -0.3 is 11.1 Å². The molecule has 0 aliphatic rings. The van der Waals surface area contributed by atoms with Gasteiger partial charge in [-0.05, 0) is 25.5 Å². The molecule has 2 rings (SSSR count). The Bertz CT molecular complexity index is 553. The van der Waals surface area contributed by atoms with Gasteiger partial charge >= 0.3 is 0 Å². The number of benzene rings is 1. The summed E-state index contributed by atoms with van der Waals surface area (Å²) in [6.07, 6.45) is 6.24. The van der Waals surface area contributed by atoms with Gasteiger partial charge in [-0.1, -0.05) is 44.7 Å². The van der Waals surface area contributed by atoms with Gasteiger partial charge in [0.15, 0.2) is 11.6 Å². The van der Waals surface area contributed by atoms with E-state index in [1.165, 1.54) is 25.7 Å². The molecule has 4 heteroatoms. The minimum Gasteiger partial charge on any atom is -0.381 e. The largest absolute Gasteiger partial charge is 0.381 e. The van der Waals surface area contributed by atoms with Gasteiger partial charge in [-0.25, -0.2) is 9.97 Å². The molecule has 0 saturated carbocycles. The van der Waals surface area contributed by atoms with Crippen molar-refractivity contribution in [2.45, 2.75) is 52.0 Å². The fourth-order valence-electron chi connectivity index (χ4n) is 2.30. The van der Waals surface area contributed by atoms with Crippen molar-refractivity contribution in [1.29, 1.82) is 0 Å². The van der Waals surface area contributed by atoms with Crippen LogP contribution in [0.4, 0.5) is 11.6 Å². The molecule has 1 unspecified atom stereocenters. The monoisotopic (exact) mass is 272 g/mol. The lowest BCUT2D eigenvalue weighted by Crippen LogP contribution is -2.17. The van der Waals surface area contributed by atoms with E-state index in [4.69, 9.17) is 5.73 Å². The number of aromatic nitrogens is 2. The number of nitrogens with zero attached hydrogens (tertiary/aromatic N) is 2. The molecule has 1 atom stereocenters. The van der Waals surface area contributed by atoms with Crippen molar-refractivity contribution in [2.24, 2.45) is 0 Å². The number of para-hydroxylation sites is 2. The Kier molecular flexibility index (Phi) is 5.16. The summed E-state index contributed by atoms with van der Waals surface area (Å²) in [6, 6.07) is 8.16. The van der Waals surface area contributed by atoms with E-state index in [2.05, 4.69) is 29.1 Å². The highest BCUT2D eigenvalue weighted by Crippen LogP contribution is 2.20. The zero-order valence-corrected chi connectivity index (χ0v) is 12.4. The molecular formula is C16H24N4. The first-order chi connectivity index (χ1) is 9.70. The van der Waals surface area contributed by atoms with Crippen LogP contribution in [0.3, 0.4) is 0 Å². The molecule has 4 nitrogen and oxygen atoms in total. The Morgan fingerprint density at radius 1 is 1.10 bits per heavy atom. The van der Waals surface area contributed by atoms with Gasteiger partial charge in [0, 0.05) is 6.04 Å². The third-order valence-electron chi connectivity index (χ3n) is 3.47. The SMILES string of the molecule is CCCCCCC(C)Nc1nc2ccccc2nc1N. The summed E-state index contributed by atoms with van der Waals surface area (Å²) in [5.41, 5.74) is 7.69. The molecule has 0 fully saturated rings. The summed E-state index contributed by atoms with van der Waals surface area (Å²) < 4.78 is 0. The molecule has 0 amide bonds. The van der Waals surface area contributed by atoms with Gasteiger partial charge in [0.05, 0.1) is 11.0 Å². The lowest BCUT2D eigenvalue weighted by molar-refractivity contribution is 0.593. The van der Waals surface area contributed by atoms with E-state index in [0.29, 0.717) is 17.7 Å². The van der Waals surface area contributed by atoms with Gasteiger partial charge in [-0.15, -0.1) is 0 Å². The first kappa shape index (κ1) is 14.6. The summed E-state index contributed by atoms with van der Waals surface area (Å²) >= 11 is 0. The summed E-state index contributed by atoms with van der Waals surface area (Å²) in [6.45, 7) is 4.40. The topological polar surface area (TPSA) is 63.8 Å². The van der Waals surface area contributed by atoms with Crippen molar-refractivity contribution in [2.75, 3.05) is 11.1 Å². The average molecular weight is 272 g/mol. The van der Waals surface area contributed by atoms with Crippen molar-refractivity contribution in [3.8, 4) is 0 Å². The lowest BCUT2D eigenvalue weighted by Gasteiger charge is -2.15. The van der Waals surface area contributed by atoms with E-state index in [9.17, 15) is 0 Å². The number of rotatable bonds is 7. The molecule has 1 aromatic heterocycles. The second-order valence-corrected chi connectivity index (χ2v) is 5.34. The Balaban J connectivity index is 1.99. The highest BCUT2D eigenvalue weighted by Gasteiger charge is 2.08. The zero-order valence-electron chi connectivity index (χ0n) is 12.4. The predicted octanol–water partition coefficient (Wildman–Crippen LogP) is 3.98. The molecule has 0 bridgehead atoms. The molecule has 0 radical (unpaired) electrons. The van der Waals surface area contributed by atoms with Gasteiger partial charge in [0.1, 0.15) is 0 Å². The Morgan fingerprint density at radius 2 is 1.80 bits per heavy atom. The van der Waals surface area contributed by atoms with Crippen LogP contribution in [0.15, 0.2) is 24.3 Å². The maximum Gasteiger partial charge on any atom is 0.169 e. The van der Waals surface area contributed by atoms with Crippen LogP contribution in [0, 0.1) is 0 Å². The van der Waals surface area contributed by atoms with Crippen LogP contribution < -0.4 is 11.1 Å². The second kappa shape index (κ2) is 7.08. The second-order valence-electron chi connectivity index (χ2n) is 5.34. The smallest absolute Gasteiger partial charge is 0.169 e. The third-order valence-corrected chi connectivity index (χ3v) is 3.47. The number of nitrogens with one attached hydrogen (secondary N) is 1. The lowest BCUT2D eigenvalue weighted by atomic mass is 10.1. The highest BCUT2D eigenvalue weighted by molar-refractivity contribution is 5.79. The number of hydrogen-bond acceptors (Lipinski definition) is 4. The predicted molar refractivity (Wildman–Crippen MR) is 85.8 cm³/mol. The normalized spacial score (nSPS) is 12.5. The Morgan fingerprint density at radius 3 is 2.50 bits per heavy atom. The zero-order chi connectivity index (χ0) is 14.4. The van der Waals surface area contributed by atoms with Crippen molar-refractivity contribution in [1.82, 2.24) is 9.97 Å². The molecule has 108 valence electrons. The van der Waals surface area contributed by atoms with Crippen LogP contribution in [-0.4, -0.2) is 16.0 Å². The molecule has 1 aromatic carbocycles. The first-order valence-electron chi connectivity index (χ1n) is 7.49. The van der Waals surface area contributed by atoms with Crippen LogP contribution in [0.25, 0.3) is 11.0 Å². The fourth-order valence-corrected chi connectivity index (χ4v) is 2.30. The van der Waals surface area contributed by atoms with Crippen molar-refractivity contribution in [3.63, 3.8) is 0 Å². The molecule has 0 aliphatic carbocycles.